The lowest BCUT2D eigenvalue weighted by Crippen LogP contribution is -2.29. The summed E-state index contributed by atoms with van der Waals surface area (Å²) in [5.74, 6) is 2.69. The molecule has 0 aromatic heterocycles. The van der Waals surface area contributed by atoms with E-state index in [4.69, 9.17) is 9.47 Å². The van der Waals surface area contributed by atoms with Crippen molar-refractivity contribution in [1.29, 1.82) is 0 Å². The van der Waals surface area contributed by atoms with Gasteiger partial charge in [0.25, 0.3) is 0 Å². The molecule has 116 valence electrons. The molecule has 1 saturated carbocycles. The smallest absolute Gasteiger partial charge is 0.128 e. The Kier molecular flexibility index (Phi) is 2.67. The topological polar surface area (TPSA) is 18.5 Å². The lowest BCUT2D eigenvalue weighted by molar-refractivity contribution is 0.226. The van der Waals surface area contributed by atoms with Crippen molar-refractivity contribution in [3.8, 4) is 11.5 Å². The van der Waals surface area contributed by atoms with Gasteiger partial charge in [0.2, 0.25) is 0 Å². The second-order valence-corrected chi connectivity index (χ2v) is 7.06. The number of ether oxygens (including phenoxy) is 2. The first-order chi connectivity index (χ1) is 11.2. The predicted octanol–water partition coefficient (Wildman–Crippen LogP) is 4.78. The number of fused-ring (bicyclic) bond motifs is 4. The van der Waals surface area contributed by atoms with E-state index in [0.717, 1.165) is 11.5 Å². The molecule has 0 radical (unpaired) electrons. The minimum Gasteiger partial charge on any atom is -0.488 e. The third kappa shape index (κ3) is 2.01. The lowest BCUT2D eigenvalue weighted by Gasteiger charge is -2.35. The molecule has 2 aromatic rings. The molecule has 1 fully saturated rings. The molecule has 23 heavy (non-hydrogen) atoms. The summed E-state index contributed by atoms with van der Waals surface area (Å²) in [7, 11) is 0. The van der Waals surface area contributed by atoms with Crippen molar-refractivity contribution < 1.29 is 9.47 Å². The minimum atomic E-state index is 0.185. The van der Waals surface area contributed by atoms with Crippen molar-refractivity contribution in [2.45, 2.75) is 32.8 Å². The molecule has 1 unspecified atom stereocenters. The van der Waals surface area contributed by atoms with Crippen LogP contribution < -0.4 is 9.47 Å². The molecule has 3 aliphatic rings. The molecule has 2 heterocycles. The fourth-order valence-corrected chi connectivity index (χ4v) is 3.81. The van der Waals surface area contributed by atoms with Crippen LogP contribution in [0.2, 0.25) is 0 Å². The molecule has 0 saturated heterocycles. The van der Waals surface area contributed by atoms with Gasteiger partial charge in [0.15, 0.2) is 0 Å². The highest BCUT2D eigenvalue weighted by Gasteiger charge is 2.42. The summed E-state index contributed by atoms with van der Waals surface area (Å²) < 4.78 is 12.6. The van der Waals surface area contributed by atoms with Gasteiger partial charge >= 0.3 is 0 Å². The van der Waals surface area contributed by atoms with Crippen LogP contribution >= 0.6 is 0 Å². The Morgan fingerprint density at radius 2 is 1.57 bits per heavy atom. The van der Waals surface area contributed by atoms with Crippen molar-refractivity contribution in [2.75, 3.05) is 6.61 Å². The molecule has 5 rings (SSSR count). The Bertz CT molecular complexity index is 843. The van der Waals surface area contributed by atoms with Crippen LogP contribution in [0, 0.1) is 19.8 Å². The van der Waals surface area contributed by atoms with Gasteiger partial charge in [-0.15, -0.1) is 0 Å². The van der Waals surface area contributed by atoms with E-state index in [9.17, 15) is 0 Å². The van der Waals surface area contributed by atoms with Crippen LogP contribution in [-0.4, -0.2) is 12.7 Å². The molecular formula is C21H20O2. The van der Waals surface area contributed by atoms with E-state index in [1.54, 1.807) is 0 Å². The maximum atomic E-state index is 6.48. The molecule has 2 nitrogen and oxygen atoms in total. The SMILES string of the molecule is Cc1ccc2c(c1)OC(C1CC1)C1=C2COc2cc(C)ccc21. The van der Waals surface area contributed by atoms with Crippen LogP contribution in [-0.2, 0) is 0 Å². The van der Waals surface area contributed by atoms with Gasteiger partial charge in [-0.25, -0.2) is 0 Å². The molecule has 1 aliphatic carbocycles. The Balaban J connectivity index is 1.75. The molecule has 2 heteroatoms. The van der Waals surface area contributed by atoms with E-state index in [1.165, 1.54) is 46.2 Å². The van der Waals surface area contributed by atoms with Crippen molar-refractivity contribution in [1.82, 2.24) is 0 Å². The van der Waals surface area contributed by atoms with Gasteiger partial charge in [-0.3, -0.25) is 0 Å². The van der Waals surface area contributed by atoms with E-state index >= 15 is 0 Å². The highest BCUT2D eigenvalue weighted by Crippen LogP contribution is 2.51. The van der Waals surface area contributed by atoms with Crippen LogP contribution in [0.1, 0.15) is 35.1 Å². The average Bonchev–Trinajstić information content (AvgIpc) is 3.37. The fraction of sp³-hybridized carbons (Fsp3) is 0.333. The van der Waals surface area contributed by atoms with Crippen molar-refractivity contribution >= 4 is 11.1 Å². The average molecular weight is 304 g/mol. The van der Waals surface area contributed by atoms with E-state index < -0.39 is 0 Å². The molecular weight excluding hydrogens is 284 g/mol. The number of rotatable bonds is 1. The molecule has 2 aliphatic heterocycles. The predicted molar refractivity (Wildman–Crippen MR) is 91.8 cm³/mol. The second-order valence-electron chi connectivity index (χ2n) is 7.06. The third-order valence-electron chi connectivity index (χ3n) is 5.18. The van der Waals surface area contributed by atoms with E-state index in [1.807, 2.05) is 0 Å². The zero-order chi connectivity index (χ0) is 15.6. The monoisotopic (exact) mass is 304 g/mol. The van der Waals surface area contributed by atoms with Crippen LogP contribution in [0.3, 0.4) is 0 Å². The zero-order valence-electron chi connectivity index (χ0n) is 13.6. The van der Waals surface area contributed by atoms with E-state index in [0.29, 0.717) is 12.5 Å². The summed E-state index contributed by atoms with van der Waals surface area (Å²) in [6.07, 6.45) is 2.72. The summed E-state index contributed by atoms with van der Waals surface area (Å²) in [4.78, 5) is 0. The largest absolute Gasteiger partial charge is 0.488 e. The number of benzene rings is 2. The van der Waals surface area contributed by atoms with Gasteiger partial charge in [-0.2, -0.15) is 0 Å². The van der Waals surface area contributed by atoms with Gasteiger partial charge in [0.05, 0.1) is 0 Å². The Morgan fingerprint density at radius 1 is 0.870 bits per heavy atom. The maximum absolute atomic E-state index is 6.48. The van der Waals surface area contributed by atoms with Crippen molar-refractivity contribution in [3.63, 3.8) is 0 Å². The van der Waals surface area contributed by atoms with E-state index in [2.05, 4.69) is 50.2 Å². The first-order valence-electron chi connectivity index (χ1n) is 8.45. The summed E-state index contributed by atoms with van der Waals surface area (Å²) in [5.41, 5.74) is 7.59. The van der Waals surface area contributed by atoms with Gasteiger partial charge < -0.3 is 9.47 Å². The van der Waals surface area contributed by atoms with Gasteiger partial charge in [-0.1, -0.05) is 24.3 Å². The molecule has 1 atom stereocenters. The van der Waals surface area contributed by atoms with Gasteiger partial charge in [-0.05, 0) is 49.9 Å². The Morgan fingerprint density at radius 3 is 2.30 bits per heavy atom. The van der Waals surface area contributed by atoms with Crippen LogP contribution in [0.5, 0.6) is 11.5 Å². The first kappa shape index (κ1) is 13.2. The standard InChI is InChI=1S/C21H20O2/c1-12-4-8-16-18(9-12)22-11-17-15-7-3-13(2)10-19(15)23-21(20(16)17)14-5-6-14/h3-4,7-10,14,21H,5-6,11H2,1-2H3. The number of hydrogen-bond acceptors (Lipinski definition) is 2. The molecule has 0 amide bonds. The zero-order valence-corrected chi connectivity index (χ0v) is 13.6. The van der Waals surface area contributed by atoms with Crippen molar-refractivity contribution in [2.24, 2.45) is 5.92 Å². The molecule has 0 bridgehead atoms. The summed E-state index contributed by atoms with van der Waals surface area (Å²) in [6.45, 7) is 4.88. The minimum absolute atomic E-state index is 0.185. The Labute approximate surface area is 136 Å². The Hall–Kier alpha value is -2.22. The van der Waals surface area contributed by atoms with Crippen LogP contribution in [0.15, 0.2) is 36.4 Å². The molecule has 0 N–H and O–H groups in total. The van der Waals surface area contributed by atoms with Gasteiger partial charge in [0, 0.05) is 28.2 Å². The highest BCUT2D eigenvalue weighted by molar-refractivity contribution is 5.99. The van der Waals surface area contributed by atoms with Gasteiger partial charge in [0.1, 0.15) is 24.2 Å². The molecule has 2 aromatic carbocycles. The molecule has 0 spiro atoms. The van der Waals surface area contributed by atoms with E-state index in [-0.39, 0.29) is 6.10 Å². The first-order valence-corrected chi connectivity index (χ1v) is 8.45. The third-order valence-corrected chi connectivity index (χ3v) is 5.18. The number of hydrogen-bond donors (Lipinski definition) is 0. The summed E-state index contributed by atoms with van der Waals surface area (Å²) >= 11 is 0. The maximum Gasteiger partial charge on any atom is 0.128 e. The lowest BCUT2D eigenvalue weighted by atomic mass is 9.84. The van der Waals surface area contributed by atoms with Crippen molar-refractivity contribution in [3.05, 3.63) is 58.7 Å². The fourth-order valence-electron chi connectivity index (χ4n) is 3.81. The quantitative estimate of drug-likeness (QED) is 0.755. The normalized spacial score (nSPS) is 21.7. The summed E-state index contributed by atoms with van der Waals surface area (Å²) in [6, 6.07) is 13.0. The highest BCUT2D eigenvalue weighted by atomic mass is 16.5. The second kappa shape index (κ2) is 4.64. The van der Waals surface area contributed by atoms with Crippen LogP contribution in [0.4, 0.5) is 0 Å². The summed E-state index contributed by atoms with van der Waals surface area (Å²) in [5, 5.41) is 0. The van der Waals surface area contributed by atoms with Crippen LogP contribution in [0.25, 0.3) is 11.1 Å². The number of aryl methyl sites for hydroxylation is 2.